The molecule has 0 aromatic heterocycles. The van der Waals surface area contributed by atoms with E-state index >= 15 is 0 Å². The van der Waals surface area contributed by atoms with E-state index in [1.807, 2.05) is 0 Å². The van der Waals surface area contributed by atoms with Crippen LogP contribution in [0.15, 0.2) is 0 Å². The van der Waals surface area contributed by atoms with Crippen molar-refractivity contribution in [3.8, 4) is 0 Å². The van der Waals surface area contributed by atoms with E-state index in [-0.39, 0.29) is 0 Å². The molecule has 3 N–H and O–H groups in total. The summed E-state index contributed by atoms with van der Waals surface area (Å²) in [4.78, 5) is 11.1. The summed E-state index contributed by atoms with van der Waals surface area (Å²) >= 11 is 0. The fraction of sp³-hybridized carbons (Fsp3) is 0.875. The second-order valence-electron chi connectivity index (χ2n) is 3.15. The van der Waals surface area contributed by atoms with E-state index in [4.69, 9.17) is 5.73 Å². The van der Waals surface area contributed by atoms with Crippen molar-refractivity contribution < 1.29 is 4.79 Å². The lowest BCUT2D eigenvalue weighted by Crippen LogP contribution is -2.19. The molecular formula is C8H16N2O. The van der Waals surface area contributed by atoms with Crippen LogP contribution in [-0.2, 0) is 4.79 Å². The maximum Gasteiger partial charge on any atom is 0.146 e. The van der Waals surface area contributed by atoms with Crippen molar-refractivity contribution in [1.82, 2.24) is 5.32 Å². The molecule has 3 heteroatoms. The molecule has 0 aromatic carbocycles. The van der Waals surface area contributed by atoms with Gasteiger partial charge in [-0.1, -0.05) is 0 Å². The number of ketones is 1. The Hall–Kier alpha value is -0.410. The number of hydrogen-bond donors (Lipinski definition) is 2. The van der Waals surface area contributed by atoms with E-state index in [1.165, 1.54) is 0 Å². The Labute approximate surface area is 67.3 Å². The molecular weight excluding hydrogens is 140 g/mol. The molecule has 3 nitrogen and oxygen atoms in total. The lowest BCUT2D eigenvalue weighted by Gasteiger charge is -2.09. The molecule has 1 rings (SSSR count). The summed E-state index contributed by atoms with van der Waals surface area (Å²) < 4.78 is 0. The van der Waals surface area contributed by atoms with Crippen LogP contribution in [0.25, 0.3) is 0 Å². The molecule has 1 aliphatic heterocycles. The van der Waals surface area contributed by atoms with Crippen LogP contribution in [0.2, 0.25) is 0 Å². The van der Waals surface area contributed by atoms with Gasteiger partial charge in [0.05, 0.1) is 6.54 Å². The first kappa shape index (κ1) is 8.68. The number of hydrogen-bond acceptors (Lipinski definition) is 3. The molecule has 1 heterocycles. The molecule has 0 radical (unpaired) electrons. The summed E-state index contributed by atoms with van der Waals surface area (Å²) in [6.45, 7) is 2.23. The van der Waals surface area contributed by atoms with Crippen LogP contribution < -0.4 is 11.1 Å². The summed E-state index contributed by atoms with van der Waals surface area (Å²) in [6, 6.07) is 0. The first-order valence-electron chi connectivity index (χ1n) is 4.25. The third kappa shape index (κ3) is 2.99. The van der Waals surface area contributed by atoms with Gasteiger partial charge in [-0.2, -0.15) is 0 Å². The van der Waals surface area contributed by atoms with Crippen LogP contribution in [0.5, 0.6) is 0 Å². The first-order valence-corrected chi connectivity index (χ1v) is 4.25. The van der Waals surface area contributed by atoms with Crippen molar-refractivity contribution in [1.29, 1.82) is 0 Å². The van der Waals surface area contributed by atoms with Gasteiger partial charge in [-0.05, 0) is 31.8 Å². The number of nitrogens with one attached hydrogen (secondary N) is 1. The fourth-order valence-corrected chi connectivity index (χ4v) is 1.51. The smallest absolute Gasteiger partial charge is 0.146 e. The molecule has 1 unspecified atom stereocenters. The monoisotopic (exact) mass is 156 g/mol. The second-order valence-corrected chi connectivity index (χ2v) is 3.15. The molecule has 1 aliphatic rings. The van der Waals surface area contributed by atoms with Crippen LogP contribution in [0, 0.1) is 5.92 Å². The van der Waals surface area contributed by atoms with Gasteiger partial charge in [-0.15, -0.1) is 0 Å². The molecule has 0 spiro atoms. The summed E-state index contributed by atoms with van der Waals surface area (Å²) in [6.07, 6.45) is 2.82. The van der Waals surface area contributed by atoms with E-state index in [9.17, 15) is 4.79 Å². The van der Waals surface area contributed by atoms with Crippen molar-refractivity contribution in [3.05, 3.63) is 0 Å². The highest BCUT2D eigenvalue weighted by molar-refractivity contribution is 5.80. The Kier molecular flexibility index (Phi) is 3.52. The lowest BCUT2D eigenvalue weighted by molar-refractivity contribution is -0.118. The Morgan fingerprint density at radius 1 is 1.64 bits per heavy atom. The van der Waals surface area contributed by atoms with Crippen LogP contribution in [-0.4, -0.2) is 25.4 Å². The zero-order valence-corrected chi connectivity index (χ0v) is 6.81. The highest BCUT2D eigenvalue weighted by Gasteiger charge is 2.15. The van der Waals surface area contributed by atoms with Crippen molar-refractivity contribution in [2.75, 3.05) is 19.6 Å². The van der Waals surface area contributed by atoms with Crippen LogP contribution in [0.4, 0.5) is 0 Å². The Bertz CT molecular complexity index is 136. The predicted octanol–water partition coefficient (Wildman–Crippen LogP) is -0.0961. The molecule has 0 amide bonds. The van der Waals surface area contributed by atoms with E-state index < -0.39 is 0 Å². The molecule has 0 bridgehead atoms. The number of carbonyl (C=O) groups is 1. The quantitative estimate of drug-likeness (QED) is 0.587. The van der Waals surface area contributed by atoms with Crippen LogP contribution in [0.3, 0.4) is 0 Å². The maximum absolute atomic E-state index is 11.1. The molecule has 11 heavy (non-hydrogen) atoms. The van der Waals surface area contributed by atoms with Gasteiger partial charge in [-0.3, -0.25) is 4.79 Å². The zero-order valence-electron chi connectivity index (χ0n) is 6.81. The van der Waals surface area contributed by atoms with Gasteiger partial charge in [0.2, 0.25) is 0 Å². The van der Waals surface area contributed by atoms with Gasteiger partial charge in [0.25, 0.3) is 0 Å². The van der Waals surface area contributed by atoms with Crippen molar-refractivity contribution in [2.45, 2.75) is 19.3 Å². The highest BCUT2D eigenvalue weighted by atomic mass is 16.1. The standard InChI is InChI=1S/C8H16N2O/c9-3-1-7-2-4-10-6-8(11)5-7/h7,10H,1-6,9H2. The molecule has 1 atom stereocenters. The highest BCUT2D eigenvalue weighted by Crippen LogP contribution is 2.14. The third-order valence-electron chi connectivity index (χ3n) is 2.14. The van der Waals surface area contributed by atoms with Gasteiger partial charge < -0.3 is 11.1 Å². The van der Waals surface area contributed by atoms with Gasteiger partial charge in [-0.25, -0.2) is 0 Å². The van der Waals surface area contributed by atoms with Gasteiger partial charge in [0.15, 0.2) is 0 Å². The average molecular weight is 156 g/mol. The molecule has 64 valence electrons. The largest absolute Gasteiger partial charge is 0.330 e. The summed E-state index contributed by atoms with van der Waals surface area (Å²) in [5.41, 5.74) is 5.42. The predicted molar refractivity (Wildman–Crippen MR) is 44.3 cm³/mol. The first-order chi connectivity index (χ1) is 5.33. The SMILES string of the molecule is NCCC1CCNCC(=O)C1. The molecule has 0 aliphatic carbocycles. The Balaban J connectivity index is 2.33. The third-order valence-corrected chi connectivity index (χ3v) is 2.14. The van der Waals surface area contributed by atoms with E-state index in [1.54, 1.807) is 0 Å². The Morgan fingerprint density at radius 3 is 3.18 bits per heavy atom. The summed E-state index contributed by atoms with van der Waals surface area (Å²) in [5.74, 6) is 0.864. The van der Waals surface area contributed by atoms with Gasteiger partial charge >= 0.3 is 0 Å². The van der Waals surface area contributed by atoms with Crippen LogP contribution in [0.1, 0.15) is 19.3 Å². The zero-order chi connectivity index (χ0) is 8.10. The molecule has 0 aromatic rings. The Morgan fingerprint density at radius 2 is 2.45 bits per heavy atom. The van der Waals surface area contributed by atoms with E-state index in [0.29, 0.717) is 24.8 Å². The van der Waals surface area contributed by atoms with E-state index in [0.717, 1.165) is 25.8 Å². The molecule has 1 fully saturated rings. The van der Waals surface area contributed by atoms with Gasteiger partial charge in [0, 0.05) is 6.42 Å². The minimum atomic E-state index is 0.334. The molecule has 1 saturated heterocycles. The van der Waals surface area contributed by atoms with Crippen molar-refractivity contribution in [3.63, 3.8) is 0 Å². The average Bonchev–Trinajstić information content (AvgIpc) is 2.15. The van der Waals surface area contributed by atoms with Gasteiger partial charge in [0.1, 0.15) is 5.78 Å². The number of Topliss-reactive ketones (excluding diaryl/α,β-unsaturated/α-hetero) is 1. The van der Waals surface area contributed by atoms with Crippen LogP contribution >= 0.6 is 0 Å². The normalized spacial score (nSPS) is 26.6. The van der Waals surface area contributed by atoms with Crippen molar-refractivity contribution >= 4 is 5.78 Å². The molecule has 0 saturated carbocycles. The summed E-state index contributed by atoms with van der Waals surface area (Å²) in [5, 5.41) is 3.10. The minimum absolute atomic E-state index is 0.334. The second kappa shape index (κ2) is 4.46. The number of carbonyl (C=O) groups excluding carboxylic acids is 1. The lowest BCUT2D eigenvalue weighted by atomic mass is 9.97. The fourth-order valence-electron chi connectivity index (χ4n) is 1.51. The minimum Gasteiger partial charge on any atom is -0.330 e. The number of nitrogens with two attached hydrogens (primary N) is 1. The van der Waals surface area contributed by atoms with E-state index in [2.05, 4.69) is 5.32 Å². The maximum atomic E-state index is 11.1. The number of rotatable bonds is 2. The topological polar surface area (TPSA) is 55.1 Å². The van der Waals surface area contributed by atoms with Crippen molar-refractivity contribution in [2.24, 2.45) is 11.7 Å². The summed E-state index contributed by atoms with van der Waals surface area (Å²) in [7, 11) is 0.